The van der Waals surface area contributed by atoms with Crippen molar-refractivity contribution in [1.29, 1.82) is 5.26 Å². The van der Waals surface area contributed by atoms with Crippen LogP contribution in [0.1, 0.15) is 11.1 Å². The molecule has 6 heteroatoms. The third-order valence-electron chi connectivity index (χ3n) is 4.06. The quantitative estimate of drug-likeness (QED) is 0.381. The highest BCUT2D eigenvalue weighted by Gasteiger charge is 2.03. The maximum Gasteiger partial charge on any atom is 0.203 e. The summed E-state index contributed by atoms with van der Waals surface area (Å²) in [6.45, 7) is 0. The lowest BCUT2D eigenvalue weighted by Gasteiger charge is -2.02. The lowest BCUT2D eigenvalue weighted by molar-refractivity contribution is 1.29. The van der Waals surface area contributed by atoms with Crippen molar-refractivity contribution in [1.82, 2.24) is 9.97 Å². The maximum absolute atomic E-state index is 8.99. The molecule has 0 saturated heterocycles. The van der Waals surface area contributed by atoms with Gasteiger partial charge in [-0.05, 0) is 17.2 Å². The van der Waals surface area contributed by atoms with Crippen molar-refractivity contribution < 1.29 is 0 Å². The van der Waals surface area contributed by atoms with Gasteiger partial charge in [-0.15, -0.1) is 11.3 Å². The van der Waals surface area contributed by atoms with Crippen LogP contribution in [0.25, 0.3) is 22.4 Å². The first kappa shape index (κ1) is 17.6. The average molecular weight is 381 g/mol. The van der Waals surface area contributed by atoms with Crippen LogP contribution in [0.2, 0.25) is 0 Å². The number of thiazole rings is 1. The molecule has 2 heterocycles. The molecule has 0 saturated carbocycles. The molecular weight excluding hydrogens is 366 g/mol. The molecule has 2 aromatic carbocycles. The van der Waals surface area contributed by atoms with Crippen LogP contribution in [0.4, 0.5) is 5.13 Å². The Morgan fingerprint density at radius 3 is 2.57 bits per heavy atom. The van der Waals surface area contributed by atoms with Crippen LogP contribution in [0.5, 0.6) is 0 Å². The van der Waals surface area contributed by atoms with Gasteiger partial charge in [0.1, 0.15) is 6.07 Å². The maximum atomic E-state index is 8.99. The van der Waals surface area contributed by atoms with Crippen molar-refractivity contribution in [2.75, 3.05) is 5.43 Å². The summed E-state index contributed by atoms with van der Waals surface area (Å²) in [6.07, 6.45) is 5.05. The molecule has 0 spiro atoms. The Hall–Kier alpha value is -3.82. The van der Waals surface area contributed by atoms with E-state index in [2.05, 4.69) is 26.6 Å². The molecule has 0 radical (unpaired) electrons. The number of anilines is 1. The fourth-order valence-electron chi connectivity index (χ4n) is 2.65. The number of aromatic nitrogens is 2. The van der Waals surface area contributed by atoms with Gasteiger partial charge in [-0.3, -0.25) is 10.4 Å². The largest absolute Gasteiger partial charge is 0.263 e. The number of nitrogens with zero attached hydrogens (tertiary/aromatic N) is 4. The summed E-state index contributed by atoms with van der Waals surface area (Å²) in [4.78, 5) is 8.64. The molecule has 0 aliphatic heterocycles. The van der Waals surface area contributed by atoms with Crippen molar-refractivity contribution in [3.8, 4) is 28.5 Å². The van der Waals surface area contributed by atoms with Gasteiger partial charge >= 0.3 is 0 Å². The van der Waals surface area contributed by atoms with Crippen molar-refractivity contribution in [3.63, 3.8) is 0 Å². The summed E-state index contributed by atoms with van der Waals surface area (Å²) in [5.41, 5.74) is 8.41. The summed E-state index contributed by atoms with van der Waals surface area (Å²) in [7, 11) is 0. The van der Waals surface area contributed by atoms with E-state index in [-0.39, 0.29) is 0 Å². The van der Waals surface area contributed by atoms with E-state index in [4.69, 9.17) is 5.26 Å². The molecule has 0 aliphatic rings. The molecule has 2 aromatic heterocycles. The predicted molar refractivity (Wildman–Crippen MR) is 113 cm³/mol. The zero-order valence-corrected chi connectivity index (χ0v) is 15.6. The first-order chi connectivity index (χ1) is 13.8. The Bertz CT molecular complexity index is 1140. The lowest BCUT2D eigenvalue weighted by Crippen LogP contribution is -1.90. The van der Waals surface area contributed by atoms with Crippen molar-refractivity contribution in [2.45, 2.75) is 0 Å². The van der Waals surface area contributed by atoms with Crippen LogP contribution in [-0.4, -0.2) is 16.2 Å². The van der Waals surface area contributed by atoms with Gasteiger partial charge in [-0.25, -0.2) is 4.98 Å². The summed E-state index contributed by atoms with van der Waals surface area (Å²) in [5, 5.41) is 16.0. The van der Waals surface area contributed by atoms with Gasteiger partial charge in [0.2, 0.25) is 5.13 Å². The van der Waals surface area contributed by atoms with Crippen molar-refractivity contribution in [2.24, 2.45) is 5.10 Å². The molecule has 4 aromatic rings. The molecule has 5 nitrogen and oxygen atoms in total. The number of hydrogen-bond acceptors (Lipinski definition) is 6. The number of pyridine rings is 1. The van der Waals surface area contributed by atoms with Gasteiger partial charge in [0.05, 0.1) is 17.5 Å². The third kappa shape index (κ3) is 4.11. The monoisotopic (exact) mass is 381 g/mol. The minimum absolute atomic E-state index is 0.547. The van der Waals surface area contributed by atoms with Crippen LogP contribution in [0, 0.1) is 11.3 Å². The molecule has 0 aliphatic carbocycles. The first-order valence-electron chi connectivity index (χ1n) is 8.57. The minimum Gasteiger partial charge on any atom is -0.263 e. The first-order valence-corrected chi connectivity index (χ1v) is 9.45. The van der Waals surface area contributed by atoms with Gasteiger partial charge in [-0.1, -0.05) is 54.6 Å². The second kappa shape index (κ2) is 8.25. The Balaban J connectivity index is 1.41. The second-order valence-corrected chi connectivity index (χ2v) is 6.83. The topological polar surface area (TPSA) is 74.0 Å². The molecule has 1 N–H and O–H groups in total. The Kier molecular flexibility index (Phi) is 5.18. The predicted octanol–water partition coefficient (Wildman–Crippen LogP) is 5.19. The summed E-state index contributed by atoms with van der Waals surface area (Å²) in [5.74, 6) is 0. The molecule has 0 bridgehead atoms. The molecule has 0 atom stereocenters. The fraction of sp³-hybridized carbons (Fsp3) is 0. The van der Waals surface area contributed by atoms with E-state index >= 15 is 0 Å². The number of hydrogen-bond donors (Lipinski definition) is 1. The standard InChI is InChI=1S/C22H15N5S/c23-11-17-10-20(14-24-12-17)18-8-6-16(7-9-18)13-25-27-22-26-21(15-28-22)19-4-2-1-3-5-19/h1-10,12-15H,(H,26,27). The smallest absolute Gasteiger partial charge is 0.203 e. The normalized spacial score (nSPS) is 10.7. The summed E-state index contributed by atoms with van der Waals surface area (Å²) < 4.78 is 0. The molecule has 4 rings (SSSR count). The van der Waals surface area contributed by atoms with E-state index in [9.17, 15) is 0 Å². The molecule has 0 fully saturated rings. The third-order valence-corrected chi connectivity index (χ3v) is 4.81. The van der Waals surface area contributed by atoms with E-state index in [1.807, 2.05) is 66.0 Å². The van der Waals surface area contributed by atoms with E-state index in [0.717, 1.165) is 33.1 Å². The number of rotatable bonds is 5. The zero-order chi connectivity index (χ0) is 19.2. The molecule has 0 unspecified atom stereocenters. The number of hydrazone groups is 1. The second-order valence-electron chi connectivity index (χ2n) is 5.97. The Morgan fingerprint density at radius 1 is 0.964 bits per heavy atom. The number of nitrogens with one attached hydrogen (secondary N) is 1. The van der Waals surface area contributed by atoms with Crippen LogP contribution in [0.15, 0.2) is 83.5 Å². The SMILES string of the molecule is N#Cc1cncc(-c2ccc(C=NNc3nc(-c4ccccc4)cs3)cc2)c1. The van der Waals surface area contributed by atoms with Crippen LogP contribution >= 0.6 is 11.3 Å². The Labute approximate surface area is 166 Å². The zero-order valence-electron chi connectivity index (χ0n) is 14.8. The fourth-order valence-corrected chi connectivity index (χ4v) is 3.32. The van der Waals surface area contributed by atoms with Crippen molar-refractivity contribution >= 4 is 22.7 Å². The summed E-state index contributed by atoms with van der Waals surface area (Å²) in [6, 6.07) is 21.9. The van der Waals surface area contributed by atoms with Gasteiger partial charge in [0.25, 0.3) is 0 Å². The van der Waals surface area contributed by atoms with Crippen LogP contribution in [-0.2, 0) is 0 Å². The Morgan fingerprint density at radius 2 is 1.79 bits per heavy atom. The highest BCUT2D eigenvalue weighted by atomic mass is 32.1. The number of benzene rings is 2. The van der Waals surface area contributed by atoms with E-state index < -0.39 is 0 Å². The highest BCUT2D eigenvalue weighted by molar-refractivity contribution is 7.14. The summed E-state index contributed by atoms with van der Waals surface area (Å²) >= 11 is 1.51. The van der Waals surface area contributed by atoms with Crippen molar-refractivity contribution in [3.05, 3.63) is 89.6 Å². The lowest BCUT2D eigenvalue weighted by atomic mass is 10.0. The van der Waals surface area contributed by atoms with Crippen LogP contribution < -0.4 is 5.43 Å². The minimum atomic E-state index is 0.547. The highest BCUT2D eigenvalue weighted by Crippen LogP contribution is 2.24. The van der Waals surface area contributed by atoms with Crippen LogP contribution in [0.3, 0.4) is 0 Å². The number of nitriles is 1. The van der Waals surface area contributed by atoms with Gasteiger partial charge in [-0.2, -0.15) is 10.4 Å². The van der Waals surface area contributed by atoms with Gasteiger partial charge < -0.3 is 0 Å². The van der Waals surface area contributed by atoms with E-state index in [1.165, 1.54) is 11.3 Å². The van der Waals surface area contributed by atoms with Gasteiger partial charge in [0, 0.05) is 28.9 Å². The van der Waals surface area contributed by atoms with E-state index in [1.54, 1.807) is 18.6 Å². The average Bonchev–Trinajstić information content (AvgIpc) is 3.24. The molecular formula is C22H15N5S. The van der Waals surface area contributed by atoms with E-state index in [0.29, 0.717) is 5.56 Å². The van der Waals surface area contributed by atoms with Gasteiger partial charge in [0.15, 0.2) is 0 Å². The molecule has 28 heavy (non-hydrogen) atoms. The molecule has 0 amide bonds. The molecule has 134 valence electrons.